The van der Waals surface area contributed by atoms with Gasteiger partial charge >= 0.3 is 0 Å². The van der Waals surface area contributed by atoms with Gasteiger partial charge in [-0.2, -0.15) is 0 Å². The zero-order valence-electron chi connectivity index (χ0n) is 17.4. The molecule has 1 heterocycles. The molecule has 1 aliphatic heterocycles. The monoisotopic (exact) mass is 498 g/mol. The highest BCUT2D eigenvalue weighted by Gasteiger charge is 2.39. The first-order valence-electron chi connectivity index (χ1n) is 10.5. The number of likely N-dealkylation sites (tertiary alicyclic amines) is 1. The minimum Gasteiger partial charge on any atom is -0.354 e. The summed E-state index contributed by atoms with van der Waals surface area (Å²) >= 11 is 0. The molecule has 3 rings (SSSR count). The number of amides is 1. The molecule has 156 valence electrons. The summed E-state index contributed by atoms with van der Waals surface area (Å²) in [6.45, 7) is 5.91. The number of carbonyl (C=O) groups excluding carboxylic acids is 1. The van der Waals surface area contributed by atoms with Crippen molar-refractivity contribution in [1.82, 2.24) is 15.5 Å². The van der Waals surface area contributed by atoms with Gasteiger partial charge in [-0.1, -0.05) is 44.2 Å². The average molecular weight is 498 g/mol. The van der Waals surface area contributed by atoms with Crippen molar-refractivity contribution < 1.29 is 4.79 Å². The maximum absolute atomic E-state index is 12.5. The fraction of sp³-hybridized carbons (Fsp3) is 0.636. The summed E-state index contributed by atoms with van der Waals surface area (Å²) < 4.78 is 0. The van der Waals surface area contributed by atoms with Gasteiger partial charge in [0.1, 0.15) is 0 Å². The van der Waals surface area contributed by atoms with Crippen LogP contribution in [0.25, 0.3) is 0 Å². The first-order chi connectivity index (χ1) is 13.2. The van der Waals surface area contributed by atoms with Gasteiger partial charge in [0.05, 0.1) is 0 Å². The molecule has 0 spiro atoms. The zero-order valence-corrected chi connectivity index (χ0v) is 19.7. The summed E-state index contributed by atoms with van der Waals surface area (Å²) in [6.07, 6.45) is 5.01. The second kappa shape index (κ2) is 11.0. The molecule has 0 bridgehead atoms. The molecule has 2 fully saturated rings. The van der Waals surface area contributed by atoms with Crippen LogP contribution in [0.3, 0.4) is 0 Å². The number of hydrogen-bond donors (Lipinski definition) is 2. The van der Waals surface area contributed by atoms with Crippen LogP contribution in [0.5, 0.6) is 0 Å². The van der Waals surface area contributed by atoms with Gasteiger partial charge in [-0.25, -0.2) is 0 Å². The van der Waals surface area contributed by atoms with Crippen molar-refractivity contribution in [3.05, 3.63) is 35.9 Å². The van der Waals surface area contributed by atoms with Crippen LogP contribution in [0.2, 0.25) is 0 Å². The maximum Gasteiger partial charge on any atom is 0.225 e. The molecular weight excluding hydrogens is 463 g/mol. The van der Waals surface area contributed by atoms with Crippen molar-refractivity contribution in [2.45, 2.75) is 64.0 Å². The zero-order chi connectivity index (χ0) is 19.2. The Balaban J connectivity index is 0.00000280. The predicted octanol–water partition coefficient (Wildman–Crippen LogP) is 3.75. The summed E-state index contributed by atoms with van der Waals surface area (Å²) in [5.41, 5.74) is 1.40. The standard InChI is InChI=1S/C22H34N4O.HI/c1-4-16(5-2)21(27)26-13-11-18(12-14-26)24-22(23-3)25-20-15-19(20)17-9-7-6-8-10-17;/h6-10,16,18-20H,4-5,11-15H2,1-3H3,(H2,23,24,25);1H. The minimum atomic E-state index is 0. The van der Waals surface area contributed by atoms with E-state index in [9.17, 15) is 4.79 Å². The molecule has 1 amide bonds. The van der Waals surface area contributed by atoms with E-state index in [1.165, 1.54) is 5.56 Å². The second-order valence-electron chi connectivity index (χ2n) is 7.83. The topological polar surface area (TPSA) is 56.7 Å². The smallest absolute Gasteiger partial charge is 0.225 e. The van der Waals surface area contributed by atoms with Gasteiger partial charge in [-0.15, -0.1) is 24.0 Å². The molecule has 1 aromatic carbocycles. The van der Waals surface area contributed by atoms with E-state index >= 15 is 0 Å². The highest BCUT2D eigenvalue weighted by molar-refractivity contribution is 14.0. The normalized spacial score (nSPS) is 22.6. The molecule has 0 radical (unpaired) electrons. The molecule has 0 aromatic heterocycles. The van der Waals surface area contributed by atoms with Crippen molar-refractivity contribution in [1.29, 1.82) is 0 Å². The summed E-state index contributed by atoms with van der Waals surface area (Å²) in [5, 5.41) is 7.13. The average Bonchev–Trinajstić information content (AvgIpc) is 3.48. The molecule has 1 aromatic rings. The van der Waals surface area contributed by atoms with Crippen LogP contribution in [-0.2, 0) is 4.79 Å². The molecule has 1 saturated carbocycles. The van der Waals surface area contributed by atoms with Crippen LogP contribution in [0.1, 0.15) is 57.4 Å². The lowest BCUT2D eigenvalue weighted by atomic mass is 9.98. The first kappa shape index (κ1) is 23.0. The van der Waals surface area contributed by atoms with Gasteiger partial charge in [0.25, 0.3) is 0 Å². The summed E-state index contributed by atoms with van der Waals surface area (Å²) in [4.78, 5) is 19.0. The van der Waals surface area contributed by atoms with Crippen LogP contribution in [-0.4, -0.2) is 49.0 Å². The minimum absolute atomic E-state index is 0. The number of rotatable bonds is 6. The number of halogens is 1. The predicted molar refractivity (Wildman–Crippen MR) is 126 cm³/mol. The van der Waals surface area contributed by atoms with Crippen molar-refractivity contribution in [3.8, 4) is 0 Å². The van der Waals surface area contributed by atoms with Crippen molar-refractivity contribution in [2.75, 3.05) is 20.1 Å². The highest BCUT2D eigenvalue weighted by Crippen LogP contribution is 2.40. The highest BCUT2D eigenvalue weighted by atomic mass is 127. The van der Waals surface area contributed by atoms with Crippen LogP contribution in [0.4, 0.5) is 0 Å². The van der Waals surface area contributed by atoms with E-state index in [1.54, 1.807) is 0 Å². The third-order valence-corrected chi connectivity index (χ3v) is 6.05. The van der Waals surface area contributed by atoms with Crippen molar-refractivity contribution in [2.24, 2.45) is 10.9 Å². The third kappa shape index (κ3) is 5.84. The summed E-state index contributed by atoms with van der Waals surface area (Å²) in [5.74, 6) is 2.01. The number of carbonyl (C=O) groups is 1. The van der Waals surface area contributed by atoms with E-state index in [-0.39, 0.29) is 29.9 Å². The lowest BCUT2D eigenvalue weighted by Gasteiger charge is -2.35. The summed E-state index contributed by atoms with van der Waals surface area (Å²) in [6, 6.07) is 11.5. The fourth-order valence-corrected chi connectivity index (χ4v) is 4.10. The Bertz CT molecular complexity index is 639. The van der Waals surface area contributed by atoms with Crippen LogP contribution in [0, 0.1) is 5.92 Å². The van der Waals surface area contributed by atoms with E-state index in [2.05, 4.69) is 64.7 Å². The van der Waals surface area contributed by atoms with E-state index in [1.807, 2.05) is 7.05 Å². The maximum atomic E-state index is 12.5. The Morgan fingerprint density at radius 2 is 1.79 bits per heavy atom. The van der Waals surface area contributed by atoms with Crippen LogP contribution >= 0.6 is 24.0 Å². The van der Waals surface area contributed by atoms with Gasteiger partial charge in [-0.3, -0.25) is 9.79 Å². The largest absolute Gasteiger partial charge is 0.354 e. The number of hydrogen-bond acceptors (Lipinski definition) is 2. The third-order valence-electron chi connectivity index (χ3n) is 6.05. The molecular formula is C22H35IN4O. The Labute approximate surface area is 186 Å². The van der Waals surface area contributed by atoms with E-state index in [0.29, 0.717) is 23.9 Å². The number of aliphatic imine (C=N–C) groups is 1. The Morgan fingerprint density at radius 3 is 2.36 bits per heavy atom. The molecule has 2 aliphatic rings. The SMILES string of the molecule is CCC(CC)C(=O)N1CCC(NC(=NC)NC2CC2c2ccccc2)CC1.I. The molecule has 2 atom stereocenters. The molecule has 6 heteroatoms. The van der Waals surface area contributed by atoms with Gasteiger partial charge in [0, 0.05) is 44.1 Å². The fourth-order valence-electron chi connectivity index (χ4n) is 4.10. The molecule has 1 aliphatic carbocycles. The first-order valence-corrected chi connectivity index (χ1v) is 10.5. The Morgan fingerprint density at radius 1 is 1.14 bits per heavy atom. The van der Waals surface area contributed by atoms with Gasteiger partial charge in [0.15, 0.2) is 5.96 Å². The second-order valence-corrected chi connectivity index (χ2v) is 7.83. The number of piperidine rings is 1. The molecule has 1 saturated heterocycles. The number of nitrogens with one attached hydrogen (secondary N) is 2. The summed E-state index contributed by atoms with van der Waals surface area (Å²) in [7, 11) is 1.83. The van der Waals surface area contributed by atoms with Crippen LogP contribution < -0.4 is 10.6 Å². The lowest BCUT2D eigenvalue weighted by Crippen LogP contribution is -2.51. The number of benzene rings is 1. The Kier molecular flexibility index (Phi) is 9.05. The van der Waals surface area contributed by atoms with E-state index in [4.69, 9.17) is 0 Å². The molecule has 2 unspecified atom stereocenters. The number of nitrogens with zero attached hydrogens (tertiary/aromatic N) is 2. The van der Waals surface area contributed by atoms with Gasteiger partial charge in [0.2, 0.25) is 5.91 Å². The molecule has 5 nitrogen and oxygen atoms in total. The molecule has 2 N–H and O–H groups in total. The van der Waals surface area contributed by atoms with Crippen molar-refractivity contribution >= 4 is 35.8 Å². The quantitative estimate of drug-likeness (QED) is 0.357. The number of guanidine groups is 1. The van der Waals surface area contributed by atoms with Gasteiger partial charge in [-0.05, 0) is 37.7 Å². The van der Waals surface area contributed by atoms with Gasteiger partial charge < -0.3 is 15.5 Å². The Hall–Kier alpha value is -1.31. The van der Waals surface area contributed by atoms with E-state index < -0.39 is 0 Å². The van der Waals surface area contributed by atoms with Crippen molar-refractivity contribution in [3.63, 3.8) is 0 Å². The lowest BCUT2D eigenvalue weighted by molar-refractivity contribution is -0.136. The van der Waals surface area contributed by atoms with E-state index in [0.717, 1.165) is 51.2 Å². The van der Waals surface area contributed by atoms with Crippen LogP contribution in [0.15, 0.2) is 35.3 Å². The molecule has 28 heavy (non-hydrogen) atoms.